The van der Waals surface area contributed by atoms with Crippen molar-refractivity contribution in [1.82, 2.24) is 14.8 Å². The van der Waals surface area contributed by atoms with Crippen LogP contribution in [0.4, 0.5) is 0 Å². The van der Waals surface area contributed by atoms with Gasteiger partial charge in [0.25, 0.3) is 0 Å². The monoisotopic (exact) mass is 341 g/mol. The first-order valence-corrected chi connectivity index (χ1v) is 8.57. The minimum Gasteiger partial charge on any atom is -0.449 e. The molecule has 0 fully saturated rings. The van der Waals surface area contributed by atoms with Crippen molar-refractivity contribution in [3.05, 3.63) is 58.2 Å². The zero-order valence-electron chi connectivity index (χ0n) is 13.7. The van der Waals surface area contributed by atoms with Crippen LogP contribution in [0.2, 0.25) is 0 Å². The van der Waals surface area contributed by atoms with E-state index < -0.39 is 0 Å². The molecule has 0 saturated carbocycles. The summed E-state index contributed by atoms with van der Waals surface area (Å²) in [6, 6.07) is 9.92. The van der Waals surface area contributed by atoms with Crippen molar-refractivity contribution in [1.29, 1.82) is 0 Å². The van der Waals surface area contributed by atoms with E-state index >= 15 is 0 Å². The minimum absolute atomic E-state index is 0.156. The number of aromatic nitrogens is 3. The zero-order valence-corrected chi connectivity index (χ0v) is 14.5. The van der Waals surface area contributed by atoms with E-state index in [0.29, 0.717) is 5.88 Å². The van der Waals surface area contributed by atoms with Gasteiger partial charge in [0.2, 0.25) is 5.88 Å². The Morgan fingerprint density at radius 3 is 2.75 bits per heavy atom. The topological polar surface area (TPSA) is 49.2 Å². The molecule has 0 unspecified atom stereocenters. The molecule has 124 valence electrons. The summed E-state index contributed by atoms with van der Waals surface area (Å²) in [4.78, 5) is 4.54. The van der Waals surface area contributed by atoms with Gasteiger partial charge in [0.05, 0.1) is 22.0 Å². The summed E-state index contributed by atoms with van der Waals surface area (Å²) in [6.45, 7) is 2.26. The number of rotatable bonds is 7. The number of nitrogens with zero attached hydrogens (tertiary/aromatic N) is 3. The lowest BCUT2D eigenvalue weighted by atomic mass is 10.3. The van der Waals surface area contributed by atoms with Crippen LogP contribution < -0.4 is 4.74 Å². The van der Waals surface area contributed by atoms with Crippen LogP contribution in [0.15, 0.2) is 41.9 Å². The molecule has 0 saturated heterocycles. The number of aryl methyl sites for hydroxylation is 1. The van der Waals surface area contributed by atoms with Crippen LogP contribution in [-0.4, -0.2) is 28.7 Å². The maximum atomic E-state index is 5.58. The van der Waals surface area contributed by atoms with Crippen molar-refractivity contribution in [2.45, 2.75) is 13.3 Å². The second-order valence-corrected chi connectivity index (χ2v) is 6.02. The molecule has 3 aromatic rings. The van der Waals surface area contributed by atoms with Gasteiger partial charge in [0.15, 0.2) is 6.79 Å². The highest BCUT2D eigenvalue weighted by Crippen LogP contribution is 2.22. The lowest BCUT2D eigenvalue weighted by molar-refractivity contribution is 0.0474. The summed E-state index contributed by atoms with van der Waals surface area (Å²) >= 11 is 1.67. The smallest absolute Gasteiger partial charge is 0.242 e. The summed E-state index contributed by atoms with van der Waals surface area (Å²) in [6.07, 6.45) is 6.82. The van der Waals surface area contributed by atoms with E-state index in [9.17, 15) is 0 Å². The molecule has 5 nitrogen and oxygen atoms in total. The van der Waals surface area contributed by atoms with Crippen LogP contribution in [0, 0.1) is 0 Å². The third-order valence-electron chi connectivity index (χ3n) is 3.35. The van der Waals surface area contributed by atoms with Crippen molar-refractivity contribution >= 4 is 23.5 Å². The average Bonchev–Trinajstić information content (AvgIpc) is 3.25. The molecule has 0 spiro atoms. The van der Waals surface area contributed by atoms with Crippen molar-refractivity contribution in [2.24, 2.45) is 0 Å². The first-order chi connectivity index (χ1) is 11.8. The van der Waals surface area contributed by atoms with Gasteiger partial charge in [0, 0.05) is 18.7 Å². The SMILES string of the molecule is CCc1nc(/C=C/c2cn(-c3ccccc3)nc2OCOC)cs1. The van der Waals surface area contributed by atoms with E-state index in [1.54, 1.807) is 23.1 Å². The Labute approximate surface area is 145 Å². The summed E-state index contributed by atoms with van der Waals surface area (Å²) in [5, 5.41) is 7.68. The molecule has 2 heterocycles. The Bertz CT molecular complexity index is 809. The van der Waals surface area contributed by atoms with E-state index in [1.807, 2.05) is 54.1 Å². The number of hydrogen-bond acceptors (Lipinski definition) is 5. The molecular formula is C18H19N3O2S. The summed E-state index contributed by atoms with van der Waals surface area (Å²) in [7, 11) is 1.59. The van der Waals surface area contributed by atoms with Gasteiger partial charge in [-0.25, -0.2) is 9.67 Å². The van der Waals surface area contributed by atoms with Gasteiger partial charge in [-0.3, -0.25) is 0 Å². The predicted molar refractivity (Wildman–Crippen MR) is 96.5 cm³/mol. The highest BCUT2D eigenvalue weighted by Gasteiger charge is 2.09. The van der Waals surface area contributed by atoms with Crippen LogP contribution in [0.5, 0.6) is 5.88 Å². The van der Waals surface area contributed by atoms with Gasteiger partial charge in [-0.15, -0.1) is 16.4 Å². The zero-order chi connectivity index (χ0) is 16.8. The first kappa shape index (κ1) is 16.4. The molecule has 0 N–H and O–H groups in total. The number of para-hydroxylation sites is 1. The third kappa shape index (κ3) is 3.90. The summed E-state index contributed by atoms with van der Waals surface area (Å²) in [5.41, 5.74) is 2.80. The Kier molecular flexibility index (Phi) is 5.40. The maximum Gasteiger partial charge on any atom is 0.242 e. The van der Waals surface area contributed by atoms with Gasteiger partial charge in [-0.1, -0.05) is 25.1 Å². The highest BCUT2D eigenvalue weighted by molar-refractivity contribution is 7.09. The largest absolute Gasteiger partial charge is 0.449 e. The molecule has 0 radical (unpaired) electrons. The van der Waals surface area contributed by atoms with E-state index in [2.05, 4.69) is 17.0 Å². The van der Waals surface area contributed by atoms with Crippen molar-refractivity contribution in [2.75, 3.05) is 13.9 Å². The molecule has 0 aliphatic rings. The molecule has 24 heavy (non-hydrogen) atoms. The van der Waals surface area contributed by atoms with Gasteiger partial charge < -0.3 is 9.47 Å². The average molecular weight is 341 g/mol. The third-order valence-corrected chi connectivity index (χ3v) is 4.36. The fourth-order valence-electron chi connectivity index (χ4n) is 2.16. The lowest BCUT2D eigenvalue weighted by Gasteiger charge is -2.01. The molecular weight excluding hydrogens is 322 g/mol. The van der Waals surface area contributed by atoms with Crippen LogP contribution >= 0.6 is 11.3 Å². The summed E-state index contributed by atoms with van der Waals surface area (Å²) in [5.74, 6) is 0.530. The van der Waals surface area contributed by atoms with Crippen LogP contribution in [0.1, 0.15) is 23.2 Å². The fraction of sp³-hybridized carbons (Fsp3) is 0.222. The summed E-state index contributed by atoms with van der Waals surface area (Å²) < 4.78 is 12.4. The van der Waals surface area contributed by atoms with E-state index in [-0.39, 0.29) is 6.79 Å². The Balaban J connectivity index is 1.88. The second kappa shape index (κ2) is 7.90. The fourth-order valence-corrected chi connectivity index (χ4v) is 2.88. The van der Waals surface area contributed by atoms with E-state index in [1.165, 1.54) is 0 Å². The maximum absolute atomic E-state index is 5.58. The minimum atomic E-state index is 0.156. The van der Waals surface area contributed by atoms with Crippen molar-refractivity contribution in [3.8, 4) is 11.6 Å². The van der Waals surface area contributed by atoms with Crippen molar-refractivity contribution in [3.63, 3.8) is 0 Å². The number of thiazole rings is 1. The van der Waals surface area contributed by atoms with Crippen LogP contribution in [0.25, 0.3) is 17.8 Å². The lowest BCUT2D eigenvalue weighted by Crippen LogP contribution is -2.01. The standard InChI is InChI=1S/C18H19N3O2S/c1-3-17-19-15(12-24-17)10-9-14-11-21(16-7-5-4-6-8-16)20-18(14)23-13-22-2/h4-12H,3,13H2,1-2H3/b10-9+. The van der Waals surface area contributed by atoms with Gasteiger partial charge in [0.1, 0.15) is 0 Å². The van der Waals surface area contributed by atoms with Crippen LogP contribution in [-0.2, 0) is 11.2 Å². The molecule has 0 atom stereocenters. The van der Waals surface area contributed by atoms with Crippen LogP contribution in [0.3, 0.4) is 0 Å². The normalized spacial score (nSPS) is 11.2. The Morgan fingerprint density at radius 1 is 1.21 bits per heavy atom. The molecule has 0 bridgehead atoms. The van der Waals surface area contributed by atoms with Gasteiger partial charge >= 0.3 is 0 Å². The number of ether oxygens (including phenoxy) is 2. The Hall–Kier alpha value is -2.44. The number of benzene rings is 1. The van der Waals surface area contributed by atoms with E-state index in [0.717, 1.165) is 28.4 Å². The molecule has 6 heteroatoms. The molecule has 3 rings (SSSR count). The predicted octanol–water partition coefficient (Wildman–Crippen LogP) is 4.04. The number of hydrogen-bond donors (Lipinski definition) is 0. The molecule has 0 aliphatic heterocycles. The highest BCUT2D eigenvalue weighted by atomic mass is 32.1. The van der Waals surface area contributed by atoms with Crippen molar-refractivity contribution < 1.29 is 9.47 Å². The number of methoxy groups -OCH3 is 1. The quantitative estimate of drug-likeness (QED) is 0.609. The molecule has 0 aliphatic carbocycles. The molecule has 2 aromatic heterocycles. The first-order valence-electron chi connectivity index (χ1n) is 7.69. The van der Waals surface area contributed by atoms with Gasteiger partial charge in [-0.2, -0.15) is 0 Å². The Morgan fingerprint density at radius 2 is 2.04 bits per heavy atom. The molecule has 0 amide bonds. The van der Waals surface area contributed by atoms with Gasteiger partial charge in [-0.05, 0) is 30.7 Å². The van der Waals surface area contributed by atoms with E-state index in [4.69, 9.17) is 9.47 Å². The molecule has 1 aromatic carbocycles. The second-order valence-electron chi connectivity index (χ2n) is 5.07.